The number of carbonyl (C=O) groups is 7. The van der Waals surface area contributed by atoms with Gasteiger partial charge in [-0.05, 0) is 82.1 Å². The molecule has 1 saturated carbocycles. The third-order valence-corrected chi connectivity index (χ3v) is 11.0. The Balaban J connectivity index is 1.44. The molecule has 1 aromatic rings. The summed E-state index contributed by atoms with van der Waals surface area (Å²) in [6, 6.07) is -5.96. The Morgan fingerprint density at radius 3 is 2.15 bits per heavy atom. The Bertz CT molecular complexity index is 1680. The van der Waals surface area contributed by atoms with Crippen molar-refractivity contribution in [3.63, 3.8) is 0 Å². The van der Waals surface area contributed by atoms with E-state index in [0.717, 1.165) is 32.1 Å². The summed E-state index contributed by atoms with van der Waals surface area (Å²) >= 11 is 0. The molecule has 14 nitrogen and oxygen atoms in total. The van der Waals surface area contributed by atoms with Crippen molar-refractivity contribution in [1.82, 2.24) is 30.7 Å². The number of allylic oxidation sites excluding steroid dienone is 1. The first kappa shape index (κ1) is 41.2. The third-order valence-electron chi connectivity index (χ3n) is 11.0. The molecule has 0 aromatic heterocycles. The van der Waals surface area contributed by atoms with Crippen molar-refractivity contribution >= 4 is 41.4 Å². The first-order valence-electron chi connectivity index (χ1n) is 18.9. The number of ether oxygens (including phenoxy) is 1. The normalized spacial score (nSPS) is 26.8. The predicted molar refractivity (Wildman–Crippen MR) is 190 cm³/mol. The van der Waals surface area contributed by atoms with Crippen LogP contribution >= 0.6 is 0 Å². The topological polar surface area (TPSA) is 175 Å². The number of likely N-dealkylation sites (N-methyl/N-ethyl adjacent to an activating group) is 1. The van der Waals surface area contributed by atoms with E-state index in [1.165, 1.54) is 41.7 Å². The Labute approximate surface area is 317 Å². The number of halogens is 3. The van der Waals surface area contributed by atoms with Gasteiger partial charge in [-0.3, -0.25) is 28.8 Å². The van der Waals surface area contributed by atoms with Crippen molar-refractivity contribution in [1.29, 1.82) is 0 Å². The average Bonchev–Trinajstić information content (AvgIpc) is 3.87. The van der Waals surface area contributed by atoms with E-state index in [1.54, 1.807) is 6.08 Å². The molecule has 3 aliphatic heterocycles. The molecule has 1 aromatic carbocycles. The Morgan fingerprint density at radius 2 is 1.49 bits per heavy atom. The van der Waals surface area contributed by atoms with Crippen molar-refractivity contribution < 1.29 is 51.5 Å². The van der Waals surface area contributed by atoms with Crippen molar-refractivity contribution in [2.75, 3.05) is 26.7 Å². The summed E-state index contributed by atoms with van der Waals surface area (Å²) in [5.41, 5.74) is -0.171. The molecule has 17 heteroatoms. The summed E-state index contributed by atoms with van der Waals surface area (Å²) in [7, 11) is 1.40. The maximum absolute atomic E-state index is 14.3. The lowest BCUT2D eigenvalue weighted by Crippen LogP contribution is -2.60. The second-order valence-corrected chi connectivity index (χ2v) is 14.8. The lowest BCUT2D eigenvalue weighted by Gasteiger charge is -2.34. The minimum Gasteiger partial charge on any atom is -0.461 e. The molecule has 0 radical (unpaired) electrons. The van der Waals surface area contributed by atoms with Gasteiger partial charge in [0.1, 0.15) is 42.9 Å². The highest BCUT2D eigenvalue weighted by Crippen LogP contribution is 2.25. The van der Waals surface area contributed by atoms with Crippen LogP contribution in [0.4, 0.5) is 13.2 Å². The molecule has 1 aliphatic carbocycles. The van der Waals surface area contributed by atoms with E-state index in [2.05, 4.69) is 16.0 Å². The van der Waals surface area contributed by atoms with Crippen LogP contribution in [0, 0.1) is 23.4 Å². The van der Waals surface area contributed by atoms with E-state index < -0.39 is 108 Å². The van der Waals surface area contributed by atoms with Crippen LogP contribution in [0.25, 0.3) is 0 Å². The van der Waals surface area contributed by atoms with Crippen LogP contribution in [-0.4, -0.2) is 119 Å². The maximum atomic E-state index is 14.3. The molecule has 3 N–H and O–H groups in total. The summed E-state index contributed by atoms with van der Waals surface area (Å²) in [4.78, 5) is 98.9. The minimum atomic E-state index is -1.71. The lowest BCUT2D eigenvalue weighted by atomic mass is 9.89. The van der Waals surface area contributed by atoms with Crippen molar-refractivity contribution in [2.45, 2.75) is 114 Å². The monoisotopic (exact) mass is 774 g/mol. The van der Waals surface area contributed by atoms with Gasteiger partial charge in [0.05, 0.1) is 0 Å². The minimum absolute atomic E-state index is 0.0895. The molecule has 3 saturated heterocycles. The van der Waals surface area contributed by atoms with Gasteiger partial charge in [-0.25, -0.2) is 18.0 Å². The van der Waals surface area contributed by atoms with Gasteiger partial charge in [0.2, 0.25) is 35.4 Å². The van der Waals surface area contributed by atoms with Crippen molar-refractivity contribution in [2.24, 2.45) is 5.92 Å². The van der Waals surface area contributed by atoms with Crippen LogP contribution in [-0.2, 0) is 44.7 Å². The molecular formula is C38H49F3N6O8. The average molecular weight is 775 g/mol. The first-order chi connectivity index (χ1) is 26.2. The zero-order chi connectivity index (χ0) is 40.0. The number of hydrogen-bond donors (Lipinski definition) is 3. The molecule has 0 spiro atoms. The van der Waals surface area contributed by atoms with Gasteiger partial charge < -0.3 is 35.4 Å². The van der Waals surface area contributed by atoms with Gasteiger partial charge in [-0.15, -0.1) is 0 Å². The molecule has 0 unspecified atom stereocenters. The third kappa shape index (κ3) is 9.84. The fourth-order valence-corrected chi connectivity index (χ4v) is 7.66. The van der Waals surface area contributed by atoms with E-state index in [4.69, 9.17) is 4.74 Å². The van der Waals surface area contributed by atoms with Gasteiger partial charge in [-0.1, -0.05) is 25.3 Å². The molecule has 4 aliphatic rings. The molecule has 300 valence electrons. The summed E-state index contributed by atoms with van der Waals surface area (Å²) in [5, 5.41) is 7.65. The highest BCUT2D eigenvalue weighted by atomic mass is 19.2. The summed E-state index contributed by atoms with van der Waals surface area (Å²) < 4.78 is 47.9. The van der Waals surface area contributed by atoms with Gasteiger partial charge in [0, 0.05) is 26.6 Å². The Kier molecular flexibility index (Phi) is 13.6. The number of esters is 1. The number of nitrogens with one attached hydrogen (secondary N) is 3. The number of carbonyl (C=O) groups excluding carboxylic acids is 7. The standard InChI is InChI=1S/C38H49F3N6O8/c1-21-35(51)47-16-8-12-30(47)38(54)55-20-28(36(52)46-15-7-11-29(46)37(53)45(3)22(2)33(49)42-21)44-34(50)27(19-24-17-25(39)32(41)26(40)18-24)43-31(48)14-13-23-9-5-4-6-10-23/h13-14,17-18,21-23,27-30H,4-12,15-16,19-20H2,1-3H3,(H,42,49)(H,43,48)(H,44,50)/t21-,22-,27-,28-,29-,30-/m0/s1. The fourth-order valence-electron chi connectivity index (χ4n) is 7.66. The van der Waals surface area contributed by atoms with Crippen LogP contribution in [0.15, 0.2) is 24.3 Å². The Morgan fingerprint density at radius 1 is 0.873 bits per heavy atom. The number of nitrogens with zero attached hydrogens (tertiary/aromatic N) is 3. The molecule has 55 heavy (non-hydrogen) atoms. The van der Waals surface area contributed by atoms with E-state index in [-0.39, 0.29) is 37.4 Å². The fraction of sp³-hybridized carbons (Fsp3) is 0.605. The van der Waals surface area contributed by atoms with Crippen LogP contribution in [0.2, 0.25) is 0 Å². The lowest BCUT2D eigenvalue weighted by molar-refractivity contribution is -0.158. The van der Waals surface area contributed by atoms with Crippen LogP contribution in [0.1, 0.15) is 77.2 Å². The number of benzene rings is 1. The van der Waals surface area contributed by atoms with Crippen molar-refractivity contribution in [3.8, 4) is 0 Å². The molecule has 4 fully saturated rings. The van der Waals surface area contributed by atoms with E-state index in [9.17, 15) is 46.7 Å². The SMILES string of the molecule is C[C@@H]1NC(=O)[C@H](C)N(C)C(=O)[C@@H]2CCCN2C(=O)[C@@H](NC(=O)[C@H](Cc2cc(F)c(F)c(F)c2)NC(=O)C=CC2CCCCC2)COC(=O)[C@@H]2CCCN2C1=O. The molecule has 6 atom stereocenters. The molecule has 3 heterocycles. The van der Waals surface area contributed by atoms with Crippen LogP contribution in [0.3, 0.4) is 0 Å². The Hall–Kier alpha value is -4.96. The van der Waals surface area contributed by atoms with Crippen LogP contribution in [0.5, 0.6) is 0 Å². The predicted octanol–water partition coefficient (Wildman–Crippen LogP) is 1.64. The summed E-state index contributed by atoms with van der Waals surface area (Å²) in [5.74, 6) is -9.67. The summed E-state index contributed by atoms with van der Waals surface area (Å²) in [6.07, 6.45) is 8.68. The number of amides is 6. The maximum Gasteiger partial charge on any atom is 0.328 e. The highest BCUT2D eigenvalue weighted by molar-refractivity contribution is 5.98. The second-order valence-electron chi connectivity index (χ2n) is 14.8. The summed E-state index contributed by atoms with van der Waals surface area (Å²) in [6.45, 7) is 2.51. The largest absolute Gasteiger partial charge is 0.461 e. The highest BCUT2D eigenvalue weighted by Gasteiger charge is 2.43. The van der Waals surface area contributed by atoms with Gasteiger partial charge >= 0.3 is 5.97 Å². The quantitative estimate of drug-likeness (QED) is 0.213. The number of fused-ring (bicyclic) bond motifs is 2. The van der Waals surface area contributed by atoms with Gasteiger partial charge in [-0.2, -0.15) is 0 Å². The first-order valence-corrected chi connectivity index (χ1v) is 18.9. The molecule has 5 rings (SSSR count). The molecule has 6 amide bonds. The van der Waals surface area contributed by atoms with Gasteiger partial charge in [0.15, 0.2) is 17.5 Å². The second kappa shape index (κ2) is 18.1. The van der Waals surface area contributed by atoms with E-state index in [0.29, 0.717) is 25.0 Å². The van der Waals surface area contributed by atoms with Crippen LogP contribution < -0.4 is 16.0 Å². The van der Waals surface area contributed by atoms with E-state index >= 15 is 0 Å². The van der Waals surface area contributed by atoms with Crippen molar-refractivity contribution in [3.05, 3.63) is 47.3 Å². The smallest absolute Gasteiger partial charge is 0.328 e. The number of rotatable bonds is 7. The van der Waals surface area contributed by atoms with E-state index in [1.807, 2.05) is 0 Å². The molecular weight excluding hydrogens is 725 g/mol. The zero-order valence-corrected chi connectivity index (χ0v) is 31.3. The molecule has 0 bridgehead atoms. The van der Waals surface area contributed by atoms with Gasteiger partial charge in [0.25, 0.3) is 0 Å². The number of hydrogen-bond acceptors (Lipinski definition) is 8. The number of cyclic esters (lactones) is 1. The zero-order valence-electron chi connectivity index (χ0n) is 31.3.